The Hall–Kier alpha value is -1.26. The summed E-state index contributed by atoms with van der Waals surface area (Å²) in [6.07, 6.45) is 0. The van der Waals surface area contributed by atoms with Gasteiger partial charge in [-0.3, -0.25) is 4.79 Å². The number of nitrogens with one attached hydrogen (secondary N) is 1. The predicted molar refractivity (Wildman–Crippen MR) is 80.5 cm³/mol. The van der Waals surface area contributed by atoms with Crippen molar-refractivity contribution >= 4 is 23.2 Å². The summed E-state index contributed by atoms with van der Waals surface area (Å²) in [5.41, 5.74) is 6.68. The number of carbonyl (C=O) groups excluding carboxylic acids is 1. The molecule has 106 valence electrons. The van der Waals surface area contributed by atoms with Gasteiger partial charge in [0.1, 0.15) is 0 Å². The van der Waals surface area contributed by atoms with Crippen LogP contribution in [0.25, 0.3) is 0 Å². The van der Waals surface area contributed by atoms with Crippen LogP contribution in [-0.4, -0.2) is 37.5 Å². The average Bonchev–Trinajstić information content (AvgIpc) is 2.30. The van der Waals surface area contributed by atoms with Crippen molar-refractivity contribution in [2.24, 2.45) is 5.92 Å². The van der Waals surface area contributed by atoms with Crippen molar-refractivity contribution in [2.45, 2.75) is 19.9 Å². The van der Waals surface area contributed by atoms with Crippen LogP contribution in [0.3, 0.4) is 0 Å². The van der Waals surface area contributed by atoms with Crippen LogP contribution in [-0.2, 0) is 0 Å². The highest BCUT2D eigenvalue weighted by molar-refractivity contribution is 6.31. The zero-order valence-electron chi connectivity index (χ0n) is 11.9. The quantitative estimate of drug-likeness (QED) is 0.815. The van der Waals surface area contributed by atoms with Crippen molar-refractivity contribution in [3.05, 3.63) is 28.8 Å². The number of nitrogens with two attached hydrogens (primary N) is 1. The van der Waals surface area contributed by atoms with Crippen molar-refractivity contribution < 1.29 is 4.79 Å². The Morgan fingerprint density at radius 2 is 2.05 bits per heavy atom. The number of nitrogen functional groups attached to an aromatic ring is 1. The van der Waals surface area contributed by atoms with E-state index in [1.54, 1.807) is 18.2 Å². The first-order valence-corrected chi connectivity index (χ1v) is 6.69. The summed E-state index contributed by atoms with van der Waals surface area (Å²) in [6, 6.07) is 4.99. The fraction of sp³-hybridized carbons (Fsp3) is 0.500. The molecular formula is C14H22ClN3O. The van der Waals surface area contributed by atoms with Crippen molar-refractivity contribution in [1.29, 1.82) is 0 Å². The fourth-order valence-corrected chi connectivity index (χ4v) is 1.96. The third-order valence-corrected chi connectivity index (χ3v) is 3.18. The molecule has 0 fully saturated rings. The molecule has 4 nitrogen and oxygen atoms in total. The van der Waals surface area contributed by atoms with E-state index in [2.05, 4.69) is 19.2 Å². The number of hydrogen-bond donors (Lipinski definition) is 2. The van der Waals surface area contributed by atoms with Crippen LogP contribution in [0.2, 0.25) is 5.02 Å². The number of hydrogen-bond acceptors (Lipinski definition) is 3. The predicted octanol–water partition coefficient (Wildman–Crippen LogP) is 2.24. The van der Waals surface area contributed by atoms with E-state index in [1.165, 1.54) is 0 Å². The van der Waals surface area contributed by atoms with Gasteiger partial charge >= 0.3 is 0 Å². The standard InChI is InChI=1S/C14H22ClN3O/c1-9(2)13(8-18(3)4)17-14(19)11-7-10(15)5-6-12(11)16/h5-7,9,13H,8,16H2,1-4H3,(H,17,19). The van der Waals surface area contributed by atoms with Gasteiger partial charge in [0.2, 0.25) is 0 Å². The van der Waals surface area contributed by atoms with Gasteiger partial charge < -0.3 is 16.0 Å². The molecule has 1 aromatic rings. The molecule has 0 aliphatic carbocycles. The molecule has 0 heterocycles. The second-order valence-electron chi connectivity index (χ2n) is 5.32. The minimum atomic E-state index is -0.180. The molecule has 1 atom stereocenters. The highest BCUT2D eigenvalue weighted by Gasteiger charge is 2.19. The topological polar surface area (TPSA) is 58.4 Å². The molecule has 19 heavy (non-hydrogen) atoms. The van der Waals surface area contributed by atoms with E-state index in [9.17, 15) is 4.79 Å². The van der Waals surface area contributed by atoms with Crippen molar-refractivity contribution in [2.75, 3.05) is 26.4 Å². The number of likely N-dealkylation sites (N-methyl/N-ethyl adjacent to an activating group) is 1. The Bertz CT molecular complexity index is 446. The van der Waals surface area contributed by atoms with Gasteiger partial charge in [-0.05, 0) is 38.2 Å². The molecule has 0 aliphatic rings. The molecule has 1 amide bonds. The first kappa shape index (κ1) is 15.8. The van der Waals surface area contributed by atoms with Crippen LogP contribution >= 0.6 is 11.6 Å². The van der Waals surface area contributed by atoms with E-state index < -0.39 is 0 Å². The number of rotatable bonds is 5. The minimum absolute atomic E-state index is 0.0703. The van der Waals surface area contributed by atoms with Crippen molar-refractivity contribution in [3.8, 4) is 0 Å². The molecule has 1 rings (SSSR count). The van der Waals surface area contributed by atoms with Crippen LogP contribution in [0, 0.1) is 5.92 Å². The maximum Gasteiger partial charge on any atom is 0.253 e. The van der Waals surface area contributed by atoms with E-state index in [1.807, 2.05) is 19.0 Å². The van der Waals surface area contributed by atoms with Gasteiger partial charge in [0, 0.05) is 23.3 Å². The molecule has 0 spiro atoms. The zero-order valence-corrected chi connectivity index (χ0v) is 12.7. The Labute approximate surface area is 119 Å². The lowest BCUT2D eigenvalue weighted by atomic mass is 10.0. The lowest BCUT2D eigenvalue weighted by molar-refractivity contribution is 0.0917. The lowest BCUT2D eigenvalue weighted by Gasteiger charge is -2.25. The van der Waals surface area contributed by atoms with E-state index in [0.29, 0.717) is 22.2 Å². The van der Waals surface area contributed by atoms with Crippen LogP contribution in [0.1, 0.15) is 24.2 Å². The monoisotopic (exact) mass is 283 g/mol. The van der Waals surface area contributed by atoms with Crippen LogP contribution in [0.5, 0.6) is 0 Å². The van der Waals surface area contributed by atoms with E-state index in [0.717, 1.165) is 6.54 Å². The Kier molecular flexibility index (Phi) is 5.63. The van der Waals surface area contributed by atoms with Crippen molar-refractivity contribution in [1.82, 2.24) is 10.2 Å². The van der Waals surface area contributed by atoms with Crippen molar-refractivity contribution in [3.63, 3.8) is 0 Å². The first-order valence-electron chi connectivity index (χ1n) is 6.32. The minimum Gasteiger partial charge on any atom is -0.398 e. The highest BCUT2D eigenvalue weighted by atomic mass is 35.5. The van der Waals surface area contributed by atoms with Gasteiger partial charge in [-0.25, -0.2) is 0 Å². The summed E-state index contributed by atoms with van der Waals surface area (Å²) < 4.78 is 0. The number of anilines is 1. The summed E-state index contributed by atoms with van der Waals surface area (Å²) in [5, 5.41) is 3.52. The fourth-order valence-electron chi connectivity index (χ4n) is 1.79. The molecule has 1 unspecified atom stereocenters. The van der Waals surface area contributed by atoms with Gasteiger partial charge in [0.05, 0.1) is 5.56 Å². The highest BCUT2D eigenvalue weighted by Crippen LogP contribution is 2.18. The Morgan fingerprint density at radius 3 is 2.58 bits per heavy atom. The molecule has 0 bridgehead atoms. The van der Waals surface area contributed by atoms with Gasteiger partial charge in [-0.15, -0.1) is 0 Å². The Morgan fingerprint density at radius 1 is 1.42 bits per heavy atom. The molecule has 3 N–H and O–H groups in total. The molecule has 0 radical (unpaired) electrons. The van der Waals surface area contributed by atoms with E-state index in [4.69, 9.17) is 17.3 Å². The smallest absolute Gasteiger partial charge is 0.253 e. The van der Waals surface area contributed by atoms with E-state index in [-0.39, 0.29) is 11.9 Å². The maximum absolute atomic E-state index is 12.2. The van der Waals surface area contributed by atoms with Gasteiger partial charge in [0.25, 0.3) is 5.91 Å². The van der Waals surface area contributed by atoms with E-state index >= 15 is 0 Å². The number of carbonyl (C=O) groups is 1. The summed E-state index contributed by atoms with van der Waals surface area (Å²) in [7, 11) is 3.96. The average molecular weight is 284 g/mol. The molecule has 0 aromatic heterocycles. The number of benzene rings is 1. The van der Waals surface area contributed by atoms with Gasteiger partial charge in [-0.2, -0.15) is 0 Å². The number of amides is 1. The summed E-state index contributed by atoms with van der Waals surface area (Å²) >= 11 is 5.90. The van der Waals surface area contributed by atoms with Crippen LogP contribution in [0.15, 0.2) is 18.2 Å². The maximum atomic E-state index is 12.2. The molecule has 0 saturated heterocycles. The molecule has 1 aromatic carbocycles. The molecular weight excluding hydrogens is 262 g/mol. The summed E-state index contributed by atoms with van der Waals surface area (Å²) in [6.45, 7) is 4.94. The number of nitrogens with zero attached hydrogens (tertiary/aromatic N) is 1. The molecule has 0 saturated carbocycles. The zero-order chi connectivity index (χ0) is 14.6. The second-order valence-corrected chi connectivity index (χ2v) is 5.75. The Balaban J connectivity index is 2.84. The third-order valence-electron chi connectivity index (χ3n) is 2.94. The summed E-state index contributed by atoms with van der Waals surface area (Å²) in [5.74, 6) is 0.160. The van der Waals surface area contributed by atoms with Crippen LogP contribution in [0.4, 0.5) is 5.69 Å². The third kappa shape index (κ3) is 4.73. The lowest BCUT2D eigenvalue weighted by Crippen LogP contribution is -2.45. The second kappa shape index (κ2) is 6.78. The molecule has 0 aliphatic heterocycles. The summed E-state index contributed by atoms with van der Waals surface area (Å²) in [4.78, 5) is 14.3. The largest absolute Gasteiger partial charge is 0.398 e. The van der Waals surface area contributed by atoms with Crippen LogP contribution < -0.4 is 11.1 Å². The SMILES string of the molecule is CC(C)C(CN(C)C)NC(=O)c1cc(Cl)ccc1N. The number of halogens is 1. The first-order chi connectivity index (χ1) is 8.81. The van der Waals surface area contributed by atoms with Gasteiger partial charge in [0.15, 0.2) is 0 Å². The van der Waals surface area contributed by atoms with Gasteiger partial charge in [-0.1, -0.05) is 25.4 Å². The molecule has 5 heteroatoms. The normalized spacial score (nSPS) is 12.8.